The number of rotatable bonds is 15. The summed E-state index contributed by atoms with van der Waals surface area (Å²) >= 11 is 0. The molecule has 1 aromatic rings. The molecule has 10 unspecified atom stereocenters. The van der Waals surface area contributed by atoms with Gasteiger partial charge in [-0.3, -0.25) is 33.6 Å². The fourth-order valence-electron chi connectivity index (χ4n) is 5.75. The maximum absolute atomic E-state index is 11.8. The molecule has 2 saturated heterocycles. The van der Waals surface area contributed by atoms with E-state index in [9.17, 15) is 33.6 Å². The number of benzene rings is 1. The number of carbonyl (C=O) groups is 7. The second-order valence-electron chi connectivity index (χ2n) is 12.7. The van der Waals surface area contributed by atoms with Crippen LogP contribution in [0.4, 0.5) is 0 Å². The highest BCUT2D eigenvalue weighted by atomic mass is 16.7. The molecule has 1 aromatic carbocycles. The minimum Gasteiger partial charge on any atom is -0.494 e. The van der Waals surface area contributed by atoms with Gasteiger partial charge in [-0.15, -0.1) is 0 Å². The Bertz CT molecular complexity index is 1410. The Morgan fingerprint density at radius 3 is 1.65 bits per heavy atom. The molecule has 2 aliphatic heterocycles. The highest BCUT2D eigenvalue weighted by molar-refractivity contribution is 5.74. The van der Waals surface area contributed by atoms with Crippen molar-refractivity contribution in [2.24, 2.45) is 11.8 Å². The third-order valence-electron chi connectivity index (χ3n) is 8.30. The second-order valence-corrected chi connectivity index (χ2v) is 12.7. The first kappa shape index (κ1) is 45.5. The van der Waals surface area contributed by atoms with Crippen LogP contribution in [0.5, 0.6) is 5.75 Å². The van der Waals surface area contributed by atoms with Crippen LogP contribution in [0.1, 0.15) is 85.5 Å². The highest BCUT2D eigenvalue weighted by Crippen LogP contribution is 2.35. The van der Waals surface area contributed by atoms with Crippen molar-refractivity contribution in [1.82, 2.24) is 0 Å². The van der Waals surface area contributed by atoms with Gasteiger partial charge in [0.15, 0.2) is 30.7 Å². The predicted octanol–water partition coefficient (Wildman–Crippen LogP) is 3.26. The van der Waals surface area contributed by atoms with Crippen molar-refractivity contribution in [2.75, 3.05) is 19.8 Å². The van der Waals surface area contributed by atoms with E-state index < -0.39 is 78.9 Å². The maximum atomic E-state index is 11.8. The molecule has 2 heterocycles. The summed E-state index contributed by atoms with van der Waals surface area (Å²) in [6, 6.07) is 6.56. The average molecular weight is 769 g/mol. The van der Waals surface area contributed by atoms with Crippen LogP contribution in [-0.2, 0) is 71.4 Å². The monoisotopic (exact) mass is 768 g/mol. The summed E-state index contributed by atoms with van der Waals surface area (Å²) < 4.78 is 54.3. The molecule has 0 radical (unpaired) electrons. The molecule has 0 amide bonds. The van der Waals surface area contributed by atoms with Crippen molar-refractivity contribution in [3.05, 3.63) is 29.8 Å². The lowest BCUT2D eigenvalue weighted by Crippen LogP contribution is -2.63. The second kappa shape index (κ2) is 22.6. The van der Waals surface area contributed by atoms with E-state index in [1.807, 2.05) is 13.8 Å². The fraction of sp³-hybridized carbons (Fsp3) is 0.649. The molecule has 0 aromatic heterocycles. The molecule has 10 atom stereocenters. The average Bonchev–Trinajstić information content (AvgIpc) is 3.09. The lowest BCUT2D eigenvalue weighted by molar-refractivity contribution is -0.308. The summed E-state index contributed by atoms with van der Waals surface area (Å²) in [4.78, 5) is 79.7. The number of ether oxygens (including phenoxy) is 10. The molecule has 0 N–H and O–H groups in total. The maximum Gasteiger partial charge on any atom is 0.305 e. The molecule has 0 spiro atoms. The Kier molecular flexibility index (Phi) is 19.0. The van der Waals surface area contributed by atoms with Crippen LogP contribution >= 0.6 is 0 Å². The van der Waals surface area contributed by atoms with E-state index in [1.165, 1.54) is 20.8 Å². The highest BCUT2D eigenvalue weighted by Gasteiger charge is 2.52. The molecule has 2 fully saturated rings. The largest absolute Gasteiger partial charge is 0.494 e. The standard InChI is InChI=1S/C24H30O12.C13H22O5/c1-14(26)32-13-20-21(33-15(2)27)22(34-16(3)28)23(35-17(4)29)24(36-20)31-11-5-10-30-19-8-6-18(12-25)7-9-19;1-6-11-7(2)8(3)12(16-9(4)14)13(18-11)17-10(5)15/h6-9,12,20-24H,5,10-11,13H2,1-4H3;7-8,11-13H,6H2,1-5H3. The third kappa shape index (κ3) is 15.0. The Labute approximate surface area is 314 Å². The summed E-state index contributed by atoms with van der Waals surface area (Å²) in [6.45, 7) is 13.3. The summed E-state index contributed by atoms with van der Waals surface area (Å²) in [5.74, 6) is -2.71. The Hall–Kier alpha value is -4.61. The van der Waals surface area contributed by atoms with E-state index in [1.54, 1.807) is 24.3 Å². The molecule has 17 nitrogen and oxygen atoms in total. The molecule has 17 heteroatoms. The molecule has 3 rings (SSSR count). The van der Waals surface area contributed by atoms with Gasteiger partial charge in [-0.05, 0) is 36.6 Å². The van der Waals surface area contributed by atoms with Gasteiger partial charge in [0.25, 0.3) is 0 Å². The first-order chi connectivity index (χ1) is 25.5. The van der Waals surface area contributed by atoms with Gasteiger partial charge in [-0.1, -0.05) is 20.8 Å². The molecule has 0 saturated carbocycles. The zero-order chi connectivity index (χ0) is 40.5. The van der Waals surface area contributed by atoms with Crippen LogP contribution in [0.2, 0.25) is 0 Å². The Morgan fingerprint density at radius 2 is 1.13 bits per heavy atom. The number of carbonyl (C=O) groups excluding carboxylic acids is 7. The molecular weight excluding hydrogens is 716 g/mol. The van der Waals surface area contributed by atoms with Gasteiger partial charge in [-0.25, -0.2) is 0 Å². The lowest BCUT2D eigenvalue weighted by Gasteiger charge is -2.44. The van der Waals surface area contributed by atoms with Gasteiger partial charge < -0.3 is 47.4 Å². The zero-order valence-electron chi connectivity index (χ0n) is 32.1. The number of esters is 6. The number of hydrogen-bond acceptors (Lipinski definition) is 17. The molecule has 2 aliphatic rings. The molecule has 0 bridgehead atoms. The first-order valence-electron chi connectivity index (χ1n) is 17.6. The van der Waals surface area contributed by atoms with Crippen molar-refractivity contribution in [3.8, 4) is 5.75 Å². The number of aldehydes is 1. The van der Waals surface area contributed by atoms with E-state index in [0.717, 1.165) is 33.5 Å². The zero-order valence-corrected chi connectivity index (χ0v) is 32.1. The van der Waals surface area contributed by atoms with Crippen molar-refractivity contribution < 1.29 is 80.9 Å². The van der Waals surface area contributed by atoms with Gasteiger partial charge in [0.05, 0.1) is 19.3 Å². The minimum atomic E-state index is -1.29. The van der Waals surface area contributed by atoms with E-state index in [4.69, 9.17) is 47.4 Å². The van der Waals surface area contributed by atoms with E-state index in [2.05, 4.69) is 6.92 Å². The van der Waals surface area contributed by atoms with Gasteiger partial charge in [0.1, 0.15) is 24.7 Å². The summed E-state index contributed by atoms with van der Waals surface area (Å²) in [5, 5.41) is 0. The summed E-state index contributed by atoms with van der Waals surface area (Å²) in [7, 11) is 0. The predicted molar refractivity (Wildman–Crippen MR) is 184 cm³/mol. The van der Waals surface area contributed by atoms with Crippen LogP contribution in [-0.4, -0.2) is 111 Å². The molecule has 0 aliphatic carbocycles. The molecular formula is C37H52O17. The van der Waals surface area contributed by atoms with Crippen molar-refractivity contribution in [3.63, 3.8) is 0 Å². The van der Waals surface area contributed by atoms with E-state index >= 15 is 0 Å². The SMILES string of the molecule is CC(=O)OCC1OC(OCCCOc2ccc(C=O)cc2)C(OC(C)=O)C(OC(C)=O)C1OC(C)=O.CCC1OC(OC(C)=O)C(OC(C)=O)C(C)C1C. The lowest BCUT2D eigenvalue weighted by atomic mass is 9.82. The molecule has 54 heavy (non-hydrogen) atoms. The summed E-state index contributed by atoms with van der Waals surface area (Å²) in [6.07, 6.45) is -5.51. The summed E-state index contributed by atoms with van der Waals surface area (Å²) in [5.41, 5.74) is 0.523. The normalized spacial score (nSPS) is 27.4. The van der Waals surface area contributed by atoms with Crippen molar-refractivity contribution >= 4 is 42.1 Å². The van der Waals surface area contributed by atoms with Gasteiger partial charge in [0, 0.05) is 59.4 Å². The number of hydrogen-bond donors (Lipinski definition) is 0. The quantitative estimate of drug-likeness (QED) is 0.108. The topological polar surface area (TPSA) is 212 Å². The van der Waals surface area contributed by atoms with Crippen LogP contribution in [0.15, 0.2) is 24.3 Å². The molecule has 302 valence electrons. The smallest absolute Gasteiger partial charge is 0.305 e. The Morgan fingerprint density at radius 1 is 0.611 bits per heavy atom. The third-order valence-corrected chi connectivity index (χ3v) is 8.30. The van der Waals surface area contributed by atoms with Crippen molar-refractivity contribution in [2.45, 2.75) is 124 Å². The Balaban J connectivity index is 0.000000469. The van der Waals surface area contributed by atoms with Crippen LogP contribution < -0.4 is 4.74 Å². The van der Waals surface area contributed by atoms with Crippen LogP contribution in [0.3, 0.4) is 0 Å². The van der Waals surface area contributed by atoms with Crippen molar-refractivity contribution in [1.29, 1.82) is 0 Å². The van der Waals surface area contributed by atoms with Crippen LogP contribution in [0, 0.1) is 11.8 Å². The van der Waals surface area contributed by atoms with E-state index in [-0.39, 0.29) is 37.8 Å². The van der Waals surface area contributed by atoms with Gasteiger partial charge in [0.2, 0.25) is 6.29 Å². The first-order valence-corrected chi connectivity index (χ1v) is 17.6. The fourth-order valence-corrected chi connectivity index (χ4v) is 5.75. The minimum absolute atomic E-state index is 0.0103. The van der Waals surface area contributed by atoms with E-state index in [0.29, 0.717) is 17.7 Å². The van der Waals surface area contributed by atoms with Gasteiger partial charge >= 0.3 is 35.8 Å². The van der Waals surface area contributed by atoms with Gasteiger partial charge in [-0.2, -0.15) is 0 Å². The van der Waals surface area contributed by atoms with Crippen LogP contribution in [0.25, 0.3) is 0 Å².